The molecule has 3 aromatic rings. The monoisotopic (exact) mass is 492 g/mol. The first-order chi connectivity index (χ1) is 16.8. The van der Waals surface area contributed by atoms with Crippen LogP contribution in [-0.4, -0.2) is 75.6 Å². The van der Waals surface area contributed by atoms with E-state index < -0.39 is 18.8 Å². The molecule has 0 saturated carbocycles. The Hall–Kier alpha value is -3.45. The van der Waals surface area contributed by atoms with E-state index in [2.05, 4.69) is 20.3 Å². The quantitative estimate of drug-likeness (QED) is 0.540. The normalized spacial score (nSPS) is 19.8. The molecule has 6 rings (SSSR count). The SMILES string of the molecule is O=C(Nc1ccc(-c2nc(N3CC4CCC3CO4)c3cnn(CC(F)(F)F)c3n2)cc1)OCCO. The minimum atomic E-state index is -4.46. The number of hydrogen-bond acceptors (Lipinski definition) is 8. The van der Waals surface area contributed by atoms with Crippen LogP contribution in [0.5, 0.6) is 0 Å². The number of aromatic nitrogens is 4. The number of nitrogens with zero attached hydrogens (tertiary/aromatic N) is 5. The summed E-state index contributed by atoms with van der Waals surface area (Å²) in [7, 11) is 0. The lowest BCUT2D eigenvalue weighted by atomic mass is 9.97. The molecule has 1 amide bonds. The second-order valence-corrected chi connectivity index (χ2v) is 8.43. The van der Waals surface area contributed by atoms with E-state index in [4.69, 9.17) is 19.6 Å². The molecule has 2 N–H and O–H groups in total. The number of benzene rings is 1. The van der Waals surface area contributed by atoms with Crippen molar-refractivity contribution in [1.82, 2.24) is 19.7 Å². The van der Waals surface area contributed by atoms with E-state index in [0.29, 0.717) is 35.6 Å². The maximum absolute atomic E-state index is 13.2. The molecule has 3 fully saturated rings. The van der Waals surface area contributed by atoms with Crippen LogP contribution in [0.3, 0.4) is 0 Å². The third-order valence-corrected chi connectivity index (χ3v) is 5.98. The van der Waals surface area contributed by atoms with Crippen LogP contribution in [0, 0.1) is 0 Å². The summed E-state index contributed by atoms with van der Waals surface area (Å²) in [6.45, 7) is -0.547. The number of aliphatic hydroxyl groups is 1. The van der Waals surface area contributed by atoms with Gasteiger partial charge in [0.25, 0.3) is 0 Å². The number of alkyl halides is 3. The van der Waals surface area contributed by atoms with Crippen molar-refractivity contribution in [3.8, 4) is 11.4 Å². The van der Waals surface area contributed by atoms with Crippen molar-refractivity contribution in [2.24, 2.45) is 0 Å². The Bertz CT molecular complexity index is 1210. The van der Waals surface area contributed by atoms with E-state index >= 15 is 0 Å². The molecule has 5 heterocycles. The van der Waals surface area contributed by atoms with Gasteiger partial charge in [-0.05, 0) is 37.1 Å². The van der Waals surface area contributed by atoms with Crippen molar-refractivity contribution in [3.63, 3.8) is 0 Å². The molecule has 3 aliphatic rings. The average molecular weight is 492 g/mol. The molecular weight excluding hydrogens is 469 g/mol. The van der Waals surface area contributed by atoms with Crippen molar-refractivity contribution < 1.29 is 32.5 Å². The van der Waals surface area contributed by atoms with E-state index in [0.717, 1.165) is 17.5 Å². The number of carbonyl (C=O) groups is 1. The van der Waals surface area contributed by atoms with Crippen LogP contribution in [-0.2, 0) is 16.0 Å². The largest absolute Gasteiger partial charge is 0.447 e. The predicted octanol–water partition coefficient (Wildman–Crippen LogP) is 2.96. The Balaban J connectivity index is 1.51. The molecule has 2 atom stereocenters. The first-order valence-electron chi connectivity index (χ1n) is 11.1. The summed E-state index contributed by atoms with van der Waals surface area (Å²) in [4.78, 5) is 22.9. The number of fused-ring (bicyclic) bond motifs is 4. The van der Waals surface area contributed by atoms with Crippen molar-refractivity contribution in [2.75, 3.05) is 36.6 Å². The van der Waals surface area contributed by atoms with Gasteiger partial charge in [0, 0.05) is 17.8 Å². The molecular formula is C22H23F3N6O4. The second kappa shape index (κ2) is 9.30. The lowest BCUT2D eigenvalue weighted by molar-refractivity contribution is -0.141. The lowest BCUT2D eigenvalue weighted by Gasteiger charge is -2.45. The highest BCUT2D eigenvalue weighted by molar-refractivity contribution is 5.89. The number of halogens is 3. The number of aliphatic hydroxyl groups excluding tert-OH is 1. The van der Waals surface area contributed by atoms with Crippen LogP contribution in [0.4, 0.5) is 29.5 Å². The Labute approximate surface area is 197 Å². The average Bonchev–Trinajstić information content (AvgIpc) is 3.24. The van der Waals surface area contributed by atoms with Gasteiger partial charge >= 0.3 is 12.3 Å². The second-order valence-electron chi connectivity index (χ2n) is 8.43. The first-order valence-corrected chi connectivity index (χ1v) is 11.1. The van der Waals surface area contributed by atoms with Crippen LogP contribution in [0.2, 0.25) is 0 Å². The Kier molecular flexibility index (Phi) is 6.19. The maximum atomic E-state index is 13.2. The fourth-order valence-corrected chi connectivity index (χ4v) is 4.38. The fourth-order valence-electron chi connectivity index (χ4n) is 4.38. The van der Waals surface area contributed by atoms with Gasteiger partial charge in [-0.25, -0.2) is 19.4 Å². The third-order valence-electron chi connectivity index (χ3n) is 5.98. The molecule has 10 nitrogen and oxygen atoms in total. The zero-order valence-corrected chi connectivity index (χ0v) is 18.5. The van der Waals surface area contributed by atoms with E-state index in [1.54, 1.807) is 24.3 Å². The molecule has 1 aromatic carbocycles. The minimum Gasteiger partial charge on any atom is -0.447 e. The van der Waals surface area contributed by atoms with Crippen molar-refractivity contribution >= 4 is 28.6 Å². The number of carbonyl (C=O) groups excluding carboxylic acids is 1. The van der Waals surface area contributed by atoms with Gasteiger partial charge < -0.3 is 19.5 Å². The standard InChI is InChI=1S/C22H23F3N6O4/c23-22(24,25)12-31-20-17(9-26-31)19(30-10-16-6-5-15(30)11-35-16)28-18(29-20)13-1-3-14(4-2-13)27-21(33)34-8-7-32/h1-4,9,15-16,32H,5-8,10-12H2,(H,27,33). The molecule has 186 valence electrons. The molecule has 0 radical (unpaired) electrons. The molecule has 3 aliphatic heterocycles. The number of ether oxygens (including phenoxy) is 2. The summed E-state index contributed by atoms with van der Waals surface area (Å²) in [5, 5.41) is 15.7. The van der Waals surface area contributed by atoms with Gasteiger partial charge in [0.15, 0.2) is 11.5 Å². The maximum Gasteiger partial charge on any atom is 0.411 e. The van der Waals surface area contributed by atoms with Gasteiger partial charge in [0.1, 0.15) is 19.0 Å². The topological polar surface area (TPSA) is 115 Å². The van der Waals surface area contributed by atoms with Gasteiger partial charge in [-0.3, -0.25) is 5.32 Å². The summed E-state index contributed by atoms with van der Waals surface area (Å²) in [5.41, 5.74) is 1.09. The Morgan fingerprint density at radius 2 is 2.03 bits per heavy atom. The van der Waals surface area contributed by atoms with Crippen molar-refractivity contribution in [1.29, 1.82) is 0 Å². The van der Waals surface area contributed by atoms with Gasteiger partial charge in [0.2, 0.25) is 0 Å². The zero-order chi connectivity index (χ0) is 24.6. The van der Waals surface area contributed by atoms with E-state index in [1.165, 1.54) is 6.20 Å². The number of nitrogens with one attached hydrogen (secondary N) is 1. The van der Waals surface area contributed by atoms with E-state index in [-0.39, 0.29) is 36.8 Å². The third kappa shape index (κ3) is 5.00. The highest BCUT2D eigenvalue weighted by Gasteiger charge is 2.37. The van der Waals surface area contributed by atoms with Crippen LogP contribution in [0.15, 0.2) is 30.5 Å². The molecule has 2 aromatic heterocycles. The van der Waals surface area contributed by atoms with Crippen molar-refractivity contribution in [3.05, 3.63) is 30.5 Å². The first kappa shape index (κ1) is 23.3. The van der Waals surface area contributed by atoms with Crippen LogP contribution < -0.4 is 10.2 Å². The molecule has 35 heavy (non-hydrogen) atoms. The fraction of sp³-hybridized carbons (Fsp3) is 0.455. The number of rotatable bonds is 6. The van der Waals surface area contributed by atoms with Gasteiger partial charge in [-0.1, -0.05) is 0 Å². The summed E-state index contributed by atoms with van der Waals surface area (Å²) < 4.78 is 50.9. The van der Waals surface area contributed by atoms with Gasteiger partial charge in [0.05, 0.1) is 36.9 Å². The molecule has 0 aliphatic carbocycles. The summed E-state index contributed by atoms with van der Waals surface area (Å²) >= 11 is 0. The number of anilines is 2. The summed E-state index contributed by atoms with van der Waals surface area (Å²) in [6.07, 6.45) is -1.89. The van der Waals surface area contributed by atoms with Crippen molar-refractivity contribution in [2.45, 2.75) is 37.7 Å². The Morgan fingerprint density at radius 1 is 1.23 bits per heavy atom. The minimum absolute atomic E-state index is 0.0506. The predicted molar refractivity (Wildman–Crippen MR) is 119 cm³/mol. The molecule has 3 saturated heterocycles. The summed E-state index contributed by atoms with van der Waals surface area (Å²) in [6, 6.07) is 6.60. The highest BCUT2D eigenvalue weighted by Crippen LogP contribution is 2.35. The highest BCUT2D eigenvalue weighted by atomic mass is 19.4. The van der Waals surface area contributed by atoms with E-state index in [1.807, 2.05) is 0 Å². The van der Waals surface area contributed by atoms with E-state index in [9.17, 15) is 18.0 Å². The number of hydrogen-bond donors (Lipinski definition) is 2. The van der Waals surface area contributed by atoms with Crippen LogP contribution >= 0.6 is 0 Å². The lowest BCUT2D eigenvalue weighted by Crippen LogP contribution is -2.55. The molecule has 2 unspecified atom stereocenters. The van der Waals surface area contributed by atoms with Crippen LogP contribution in [0.25, 0.3) is 22.4 Å². The molecule has 2 bridgehead atoms. The smallest absolute Gasteiger partial charge is 0.411 e. The van der Waals surface area contributed by atoms with Crippen LogP contribution in [0.1, 0.15) is 12.8 Å². The zero-order valence-electron chi connectivity index (χ0n) is 18.5. The summed E-state index contributed by atoms with van der Waals surface area (Å²) in [5.74, 6) is 0.777. The van der Waals surface area contributed by atoms with Gasteiger partial charge in [-0.2, -0.15) is 18.3 Å². The Morgan fingerprint density at radius 3 is 2.66 bits per heavy atom. The number of amides is 1. The number of piperidine rings is 1. The van der Waals surface area contributed by atoms with Gasteiger partial charge in [-0.15, -0.1) is 0 Å². The molecule has 0 spiro atoms. The molecule has 13 heteroatoms. The number of morpholine rings is 1.